The zero-order chi connectivity index (χ0) is 27.0. The Balaban J connectivity index is 1.69. The lowest BCUT2D eigenvalue weighted by atomic mass is 10.0. The zero-order valence-corrected chi connectivity index (χ0v) is 22.2. The molecule has 11 heteroatoms. The number of ether oxygens (including phenoxy) is 1. The van der Waals surface area contributed by atoms with E-state index in [1.54, 1.807) is 22.7 Å². The maximum Gasteiger partial charge on any atom is 0.276 e. The van der Waals surface area contributed by atoms with Crippen LogP contribution in [0, 0.1) is 19.7 Å². The summed E-state index contributed by atoms with van der Waals surface area (Å²) in [7, 11) is -2.43. The SMILES string of the molecule is COc1ccc(-c2c(C(=O)Nc3cccc(F)c3)nn3c(C)cc(C)nc23)cc1S(=O)(=O)N1CCCCC1. The largest absolute Gasteiger partial charge is 0.495 e. The number of aryl methyl sites for hydroxylation is 2. The molecule has 0 saturated carbocycles. The highest BCUT2D eigenvalue weighted by Gasteiger charge is 2.31. The Morgan fingerprint density at radius 1 is 1.05 bits per heavy atom. The van der Waals surface area contributed by atoms with Crippen LogP contribution >= 0.6 is 0 Å². The Labute approximate surface area is 220 Å². The van der Waals surface area contributed by atoms with Gasteiger partial charge in [-0.3, -0.25) is 4.79 Å². The minimum absolute atomic E-state index is 0.0135. The maximum atomic E-state index is 13.8. The molecule has 1 aliphatic rings. The zero-order valence-electron chi connectivity index (χ0n) is 21.4. The molecule has 5 rings (SSSR count). The van der Waals surface area contributed by atoms with Crippen molar-refractivity contribution >= 4 is 27.3 Å². The van der Waals surface area contributed by atoms with E-state index >= 15 is 0 Å². The predicted octanol–water partition coefficient (Wildman–Crippen LogP) is 4.59. The number of aromatic nitrogens is 3. The van der Waals surface area contributed by atoms with Gasteiger partial charge in [-0.1, -0.05) is 18.6 Å². The third-order valence-electron chi connectivity index (χ3n) is 6.58. The first-order valence-corrected chi connectivity index (χ1v) is 13.8. The summed E-state index contributed by atoms with van der Waals surface area (Å²) in [4.78, 5) is 18.1. The maximum absolute atomic E-state index is 13.8. The first kappa shape index (κ1) is 25.8. The standard InChI is InChI=1S/C27H28FN5O4S/c1-17-14-18(2)33-26(29-17)24(25(31-33)27(34)30-21-9-7-8-20(28)16-21)19-10-11-22(37-3)23(15-19)38(35,36)32-12-5-4-6-13-32/h7-11,14-16H,4-6,12-13H2,1-3H3,(H,30,34). The van der Waals surface area contributed by atoms with Crippen molar-refractivity contribution in [3.63, 3.8) is 0 Å². The van der Waals surface area contributed by atoms with Gasteiger partial charge in [0.1, 0.15) is 16.5 Å². The van der Waals surface area contributed by atoms with Crippen molar-refractivity contribution in [3.05, 3.63) is 71.4 Å². The van der Waals surface area contributed by atoms with Crippen LogP contribution < -0.4 is 10.1 Å². The summed E-state index contributed by atoms with van der Waals surface area (Å²) in [6, 6.07) is 12.2. The molecule has 4 aromatic rings. The van der Waals surface area contributed by atoms with Gasteiger partial charge in [0.2, 0.25) is 10.0 Å². The summed E-state index contributed by atoms with van der Waals surface area (Å²) < 4.78 is 49.5. The number of carbonyl (C=O) groups excluding carboxylic acids is 1. The van der Waals surface area contributed by atoms with Crippen molar-refractivity contribution in [1.29, 1.82) is 0 Å². The molecule has 38 heavy (non-hydrogen) atoms. The highest BCUT2D eigenvalue weighted by atomic mass is 32.2. The van der Waals surface area contributed by atoms with Crippen LogP contribution in [0.1, 0.15) is 41.1 Å². The van der Waals surface area contributed by atoms with Gasteiger partial charge < -0.3 is 10.1 Å². The van der Waals surface area contributed by atoms with Gasteiger partial charge in [0.15, 0.2) is 11.3 Å². The lowest BCUT2D eigenvalue weighted by Gasteiger charge is -2.26. The smallest absolute Gasteiger partial charge is 0.276 e. The third-order valence-corrected chi connectivity index (χ3v) is 8.50. The molecule has 3 heterocycles. The third kappa shape index (κ3) is 4.74. The summed E-state index contributed by atoms with van der Waals surface area (Å²) in [5.74, 6) is -0.861. The number of sulfonamides is 1. The molecule has 2 aromatic carbocycles. The van der Waals surface area contributed by atoms with Crippen LogP contribution in [0.4, 0.5) is 10.1 Å². The second kappa shape index (κ2) is 10.1. The number of rotatable bonds is 6. The van der Waals surface area contributed by atoms with Crippen molar-refractivity contribution < 1.29 is 22.3 Å². The van der Waals surface area contributed by atoms with E-state index in [2.05, 4.69) is 15.4 Å². The van der Waals surface area contributed by atoms with E-state index < -0.39 is 21.7 Å². The second-order valence-electron chi connectivity index (χ2n) is 9.29. The topological polar surface area (TPSA) is 106 Å². The van der Waals surface area contributed by atoms with Gasteiger partial charge >= 0.3 is 0 Å². The molecular formula is C27H28FN5O4S. The number of anilines is 1. The number of methoxy groups -OCH3 is 1. The van der Waals surface area contributed by atoms with Gasteiger partial charge in [0.25, 0.3) is 5.91 Å². The van der Waals surface area contributed by atoms with Crippen molar-refractivity contribution in [3.8, 4) is 16.9 Å². The molecule has 0 bridgehead atoms. The molecule has 0 atom stereocenters. The first-order valence-electron chi connectivity index (χ1n) is 12.3. The summed E-state index contributed by atoms with van der Waals surface area (Å²) in [6.45, 7) is 4.55. The van der Waals surface area contributed by atoms with E-state index in [0.29, 0.717) is 35.6 Å². The Kier molecular flexibility index (Phi) is 6.89. The van der Waals surface area contributed by atoms with Crippen LogP contribution in [0.15, 0.2) is 53.4 Å². The molecule has 0 unspecified atom stereocenters. The van der Waals surface area contributed by atoms with Gasteiger partial charge in [-0.25, -0.2) is 22.3 Å². The molecule has 1 aliphatic heterocycles. The van der Waals surface area contributed by atoms with Crippen molar-refractivity contribution in [2.45, 2.75) is 38.0 Å². The van der Waals surface area contributed by atoms with Crippen LogP contribution in [-0.4, -0.2) is 53.4 Å². The number of piperidine rings is 1. The molecule has 2 aromatic heterocycles. The number of carbonyl (C=O) groups is 1. The quantitative estimate of drug-likeness (QED) is 0.386. The van der Waals surface area contributed by atoms with Gasteiger partial charge in [-0.15, -0.1) is 0 Å². The number of nitrogens with one attached hydrogen (secondary N) is 1. The fourth-order valence-electron chi connectivity index (χ4n) is 4.78. The lowest BCUT2D eigenvalue weighted by molar-refractivity contribution is 0.102. The van der Waals surface area contributed by atoms with Gasteiger partial charge in [-0.05, 0) is 68.7 Å². The Hall–Kier alpha value is -3.83. The molecule has 0 aliphatic carbocycles. The number of hydrogen-bond acceptors (Lipinski definition) is 6. The monoisotopic (exact) mass is 537 g/mol. The fourth-order valence-corrected chi connectivity index (χ4v) is 6.48. The van der Waals surface area contributed by atoms with Gasteiger partial charge in [0, 0.05) is 30.2 Å². The number of halogens is 1. The summed E-state index contributed by atoms with van der Waals surface area (Å²) >= 11 is 0. The van der Waals surface area contributed by atoms with Crippen LogP contribution in [0.3, 0.4) is 0 Å². The van der Waals surface area contributed by atoms with Crippen LogP contribution in [0.25, 0.3) is 16.8 Å². The van der Waals surface area contributed by atoms with E-state index in [9.17, 15) is 17.6 Å². The average molecular weight is 538 g/mol. The van der Waals surface area contributed by atoms with E-state index in [1.807, 2.05) is 19.9 Å². The Morgan fingerprint density at radius 2 is 1.82 bits per heavy atom. The van der Waals surface area contributed by atoms with E-state index in [-0.39, 0.29) is 22.0 Å². The molecule has 9 nitrogen and oxygen atoms in total. The molecular weight excluding hydrogens is 509 g/mol. The number of fused-ring (bicyclic) bond motifs is 1. The molecule has 1 fully saturated rings. The molecule has 1 amide bonds. The number of benzene rings is 2. The number of hydrogen-bond donors (Lipinski definition) is 1. The molecule has 0 spiro atoms. The fraction of sp³-hybridized carbons (Fsp3) is 0.296. The Bertz CT molecular complexity index is 1640. The summed E-state index contributed by atoms with van der Waals surface area (Å²) in [5, 5.41) is 7.22. The summed E-state index contributed by atoms with van der Waals surface area (Å²) in [6.07, 6.45) is 2.57. The van der Waals surface area contributed by atoms with Crippen LogP contribution in [-0.2, 0) is 10.0 Å². The summed E-state index contributed by atoms with van der Waals surface area (Å²) in [5.41, 5.74) is 2.96. The van der Waals surface area contributed by atoms with E-state index in [0.717, 1.165) is 25.0 Å². The molecule has 1 N–H and O–H groups in total. The van der Waals surface area contributed by atoms with Crippen molar-refractivity contribution in [2.24, 2.45) is 0 Å². The highest BCUT2D eigenvalue weighted by molar-refractivity contribution is 7.89. The van der Waals surface area contributed by atoms with Crippen molar-refractivity contribution in [2.75, 3.05) is 25.5 Å². The predicted molar refractivity (Wildman–Crippen MR) is 141 cm³/mol. The van der Waals surface area contributed by atoms with Gasteiger partial charge in [-0.2, -0.15) is 9.40 Å². The average Bonchev–Trinajstić information content (AvgIpc) is 3.29. The lowest BCUT2D eigenvalue weighted by Crippen LogP contribution is -2.35. The molecule has 198 valence electrons. The van der Waals surface area contributed by atoms with E-state index in [4.69, 9.17) is 4.74 Å². The van der Waals surface area contributed by atoms with Crippen LogP contribution in [0.5, 0.6) is 5.75 Å². The normalized spacial score (nSPS) is 14.5. The second-order valence-corrected chi connectivity index (χ2v) is 11.2. The van der Waals surface area contributed by atoms with E-state index in [1.165, 1.54) is 35.7 Å². The minimum atomic E-state index is -3.86. The Morgan fingerprint density at radius 3 is 2.53 bits per heavy atom. The van der Waals surface area contributed by atoms with Crippen LogP contribution in [0.2, 0.25) is 0 Å². The number of amides is 1. The molecule has 0 radical (unpaired) electrons. The molecule has 1 saturated heterocycles. The first-order chi connectivity index (χ1) is 18.2. The van der Waals surface area contributed by atoms with Crippen molar-refractivity contribution in [1.82, 2.24) is 18.9 Å². The van der Waals surface area contributed by atoms with Gasteiger partial charge in [0.05, 0.1) is 12.7 Å². The minimum Gasteiger partial charge on any atom is -0.495 e. The highest BCUT2D eigenvalue weighted by Crippen LogP contribution is 2.36. The number of nitrogens with zero attached hydrogens (tertiary/aromatic N) is 4.